The molecule has 0 N–H and O–H groups in total. The molecule has 3 rings (SSSR count). The average Bonchev–Trinajstić information content (AvgIpc) is 3.55. The van der Waals surface area contributed by atoms with Crippen LogP contribution in [0.3, 0.4) is 0 Å². The minimum atomic E-state index is -0.0175. The molecule has 0 saturated heterocycles. The number of benzene rings is 2. The number of methoxy groups -OCH3 is 2. The molecule has 5 nitrogen and oxygen atoms in total. The number of para-hydroxylation sites is 2. The Balaban J connectivity index is 1.68. The fraction of sp³-hybridized carbons (Fsp3) is 0.409. The monoisotopic (exact) mass is 369 g/mol. The lowest BCUT2D eigenvalue weighted by Crippen LogP contribution is -2.42. The number of carbonyl (C=O) groups is 1. The van der Waals surface area contributed by atoms with Gasteiger partial charge in [0.15, 0.2) is 18.1 Å². The first-order valence-corrected chi connectivity index (χ1v) is 9.30. The Morgan fingerprint density at radius 3 is 2.30 bits per heavy atom. The van der Waals surface area contributed by atoms with Gasteiger partial charge in [-0.05, 0) is 55.5 Å². The largest absolute Gasteiger partial charge is 0.497 e. The van der Waals surface area contributed by atoms with Gasteiger partial charge >= 0.3 is 0 Å². The summed E-state index contributed by atoms with van der Waals surface area (Å²) in [5.74, 6) is 2.58. The van der Waals surface area contributed by atoms with Crippen LogP contribution in [-0.2, 0) is 11.3 Å². The van der Waals surface area contributed by atoms with E-state index in [0.29, 0.717) is 24.0 Å². The van der Waals surface area contributed by atoms with E-state index < -0.39 is 0 Å². The predicted molar refractivity (Wildman–Crippen MR) is 104 cm³/mol. The molecule has 0 radical (unpaired) electrons. The van der Waals surface area contributed by atoms with E-state index in [0.717, 1.165) is 11.3 Å². The van der Waals surface area contributed by atoms with Crippen LogP contribution in [0.4, 0.5) is 0 Å². The molecule has 0 spiro atoms. The van der Waals surface area contributed by atoms with Gasteiger partial charge in [-0.2, -0.15) is 0 Å². The van der Waals surface area contributed by atoms with Gasteiger partial charge in [0, 0.05) is 12.6 Å². The summed E-state index contributed by atoms with van der Waals surface area (Å²) in [6.45, 7) is 2.69. The number of ether oxygens (including phenoxy) is 3. The molecule has 1 unspecified atom stereocenters. The van der Waals surface area contributed by atoms with Crippen LogP contribution in [0.2, 0.25) is 0 Å². The highest BCUT2D eigenvalue weighted by Gasteiger charge is 2.34. The second-order valence-corrected chi connectivity index (χ2v) is 6.89. The summed E-state index contributed by atoms with van der Waals surface area (Å²) in [5, 5.41) is 0. The van der Waals surface area contributed by atoms with Crippen LogP contribution in [0.15, 0.2) is 48.5 Å². The molecule has 1 aliphatic carbocycles. The van der Waals surface area contributed by atoms with Crippen LogP contribution < -0.4 is 14.2 Å². The van der Waals surface area contributed by atoms with Gasteiger partial charge in [-0.3, -0.25) is 4.79 Å². The molecular formula is C22H27NO4. The standard InChI is InChI=1S/C22H27NO4/c1-16(18-10-11-18)23(14-17-8-12-19(25-2)13-9-17)22(24)15-27-21-7-5-4-6-20(21)26-3/h4-9,12-13,16,18H,10-11,14-15H2,1-3H3. The highest BCUT2D eigenvalue weighted by Crippen LogP contribution is 2.36. The van der Waals surface area contributed by atoms with E-state index in [-0.39, 0.29) is 18.6 Å². The molecule has 0 aliphatic heterocycles. The van der Waals surface area contributed by atoms with Crippen molar-refractivity contribution in [1.29, 1.82) is 0 Å². The maximum atomic E-state index is 13.0. The number of rotatable bonds is 9. The quantitative estimate of drug-likeness (QED) is 0.672. The number of amides is 1. The molecule has 27 heavy (non-hydrogen) atoms. The number of nitrogens with zero attached hydrogens (tertiary/aromatic N) is 1. The Morgan fingerprint density at radius 2 is 1.70 bits per heavy atom. The lowest BCUT2D eigenvalue weighted by Gasteiger charge is -2.29. The maximum Gasteiger partial charge on any atom is 0.261 e. The van der Waals surface area contributed by atoms with Gasteiger partial charge in [0.05, 0.1) is 14.2 Å². The molecule has 1 aliphatic rings. The molecule has 144 valence electrons. The van der Waals surface area contributed by atoms with Gasteiger partial charge in [-0.1, -0.05) is 24.3 Å². The first kappa shape index (κ1) is 19.1. The van der Waals surface area contributed by atoms with Crippen molar-refractivity contribution in [2.24, 2.45) is 5.92 Å². The van der Waals surface area contributed by atoms with Crippen molar-refractivity contribution in [3.63, 3.8) is 0 Å². The average molecular weight is 369 g/mol. The zero-order valence-corrected chi connectivity index (χ0v) is 16.2. The molecule has 1 fully saturated rings. The SMILES string of the molecule is COc1ccc(CN(C(=O)COc2ccccc2OC)C(C)C2CC2)cc1. The molecular weight excluding hydrogens is 342 g/mol. The van der Waals surface area contributed by atoms with Crippen LogP contribution >= 0.6 is 0 Å². The van der Waals surface area contributed by atoms with Crippen molar-refractivity contribution in [3.05, 3.63) is 54.1 Å². The van der Waals surface area contributed by atoms with Gasteiger partial charge in [0.25, 0.3) is 5.91 Å². The molecule has 5 heteroatoms. The lowest BCUT2D eigenvalue weighted by atomic mass is 10.1. The Morgan fingerprint density at radius 1 is 1.04 bits per heavy atom. The van der Waals surface area contributed by atoms with E-state index in [1.54, 1.807) is 14.2 Å². The second-order valence-electron chi connectivity index (χ2n) is 6.89. The molecule has 0 aromatic heterocycles. The highest BCUT2D eigenvalue weighted by atomic mass is 16.5. The normalized spacial score (nSPS) is 14.3. The Bertz CT molecular complexity index is 755. The first-order valence-electron chi connectivity index (χ1n) is 9.30. The maximum absolute atomic E-state index is 13.0. The van der Waals surface area contributed by atoms with Crippen molar-refractivity contribution in [2.45, 2.75) is 32.4 Å². The fourth-order valence-corrected chi connectivity index (χ4v) is 3.18. The molecule has 2 aromatic rings. The first-order chi connectivity index (χ1) is 13.1. The number of hydrogen-bond acceptors (Lipinski definition) is 4. The zero-order valence-electron chi connectivity index (χ0n) is 16.2. The predicted octanol–water partition coefficient (Wildman–Crippen LogP) is 3.91. The van der Waals surface area contributed by atoms with E-state index in [4.69, 9.17) is 14.2 Å². The van der Waals surface area contributed by atoms with Gasteiger partial charge < -0.3 is 19.1 Å². The van der Waals surface area contributed by atoms with Gasteiger partial charge in [-0.15, -0.1) is 0 Å². The highest BCUT2D eigenvalue weighted by molar-refractivity contribution is 5.78. The molecule has 0 bridgehead atoms. The topological polar surface area (TPSA) is 48.0 Å². The summed E-state index contributed by atoms with van der Waals surface area (Å²) >= 11 is 0. The lowest BCUT2D eigenvalue weighted by molar-refractivity contribution is -0.136. The van der Waals surface area contributed by atoms with Gasteiger partial charge in [-0.25, -0.2) is 0 Å². The summed E-state index contributed by atoms with van der Waals surface area (Å²) < 4.78 is 16.3. The fourth-order valence-electron chi connectivity index (χ4n) is 3.18. The Kier molecular flexibility index (Phi) is 6.22. The smallest absolute Gasteiger partial charge is 0.261 e. The van der Waals surface area contributed by atoms with E-state index in [9.17, 15) is 4.79 Å². The molecule has 2 aromatic carbocycles. The van der Waals surface area contributed by atoms with Crippen LogP contribution in [0, 0.1) is 5.92 Å². The van der Waals surface area contributed by atoms with E-state index in [1.165, 1.54) is 12.8 Å². The Labute approximate surface area is 160 Å². The second kappa shape index (κ2) is 8.80. The summed E-state index contributed by atoms with van der Waals surface area (Å²) in [7, 11) is 3.24. The van der Waals surface area contributed by atoms with Crippen LogP contribution in [0.5, 0.6) is 17.2 Å². The number of hydrogen-bond donors (Lipinski definition) is 0. The van der Waals surface area contributed by atoms with E-state index in [2.05, 4.69) is 6.92 Å². The van der Waals surface area contributed by atoms with Crippen molar-refractivity contribution >= 4 is 5.91 Å². The van der Waals surface area contributed by atoms with Crippen molar-refractivity contribution < 1.29 is 19.0 Å². The summed E-state index contributed by atoms with van der Waals surface area (Å²) in [6, 6.07) is 15.4. The molecule has 1 saturated carbocycles. The van der Waals surface area contributed by atoms with Crippen LogP contribution in [0.25, 0.3) is 0 Å². The third-order valence-electron chi connectivity index (χ3n) is 5.05. The third-order valence-corrected chi connectivity index (χ3v) is 5.05. The molecule has 1 amide bonds. The minimum Gasteiger partial charge on any atom is -0.497 e. The zero-order chi connectivity index (χ0) is 19.2. The van der Waals surface area contributed by atoms with Crippen molar-refractivity contribution in [2.75, 3.05) is 20.8 Å². The molecule has 0 heterocycles. The van der Waals surface area contributed by atoms with E-state index in [1.807, 2.05) is 53.4 Å². The van der Waals surface area contributed by atoms with Gasteiger partial charge in [0.1, 0.15) is 5.75 Å². The number of carbonyl (C=O) groups excluding carboxylic acids is 1. The minimum absolute atomic E-state index is 0.00636. The third kappa shape index (κ3) is 4.94. The van der Waals surface area contributed by atoms with Crippen molar-refractivity contribution in [3.8, 4) is 17.2 Å². The van der Waals surface area contributed by atoms with E-state index >= 15 is 0 Å². The van der Waals surface area contributed by atoms with Gasteiger partial charge in [0.2, 0.25) is 0 Å². The van der Waals surface area contributed by atoms with Crippen LogP contribution in [-0.4, -0.2) is 37.7 Å². The van der Waals surface area contributed by atoms with Crippen molar-refractivity contribution in [1.82, 2.24) is 4.90 Å². The molecule has 1 atom stereocenters. The summed E-state index contributed by atoms with van der Waals surface area (Å²) in [4.78, 5) is 14.9. The summed E-state index contributed by atoms with van der Waals surface area (Å²) in [6.07, 6.45) is 2.36. The van der Waals surface area contributed by atoms with Crippen LogP contribution in [0.1, 0.15) is 25.3 Å². The summed E-state index contributed by atoms with van der Waals surface area (Å²) in [5.41, 5.74) is 1.08. The Hall–Kier alpha value is -2.69.